The Balaban J connectivity index is 2.59. The van der Waals surface area contributed by atoms with Gasteiger partial charge in [0.15, 0.2) is 0 Å². The Morgan fingerprint density at radius 3 is 3.08 bits per heavy atom. The normalized spacial score (nSPS) is 17.9. The van der Waals surface area contributed by atoms with Gasteiger partial charge in [-0.3, -0.25) is 0 Å². The number of nitrogens with zero attached hydrogens (tertiary/aromatic N) is 1. The van der Waals surface area contributed by atoms with E-state index in [-0.39, 0.29) is 5.88 Å². The van der Waals surface area contributed by atoms with Gasteiger partial charge in [-0.1, -0.05) is 0 Å². The van der Waals surface area contributed by atoms with E-state index < -0.39 is 6.09 Å². The van der Waals surface area contributed by atoms with Crippen molar-refractivity contribution < 1.29 is 18.8 Å². The molecule has 68 valence electrons. The van der Waals surface area contributed by atoms with E-state index in [1.54, 1.807) is 0 Å². The first-order valence-corrected chi connectivity index (χ1v) is 6.32. The average molecular weight is 303 g/mol. The van der Waals surface area contributed by atoms with E-state index >= 15 is 0 Å². The van der Waals surface area contributed by atoms with Gasteiger partial charge in [0.1, 0.15) is 22.1 Å². The number of hydrogen-bond acceptors (Lipinski definition) is 5. The molecule has 1 heterocycles. The minimum absolute atomic E-state index is 0.0944. The number of carbonyl (C=O) groups is 1. The number of carbonyl (C=O) groups excluding carboxylic acids is 1. The van der Waals surface area contributed by atoms with Crippen LogP contribution in [0.3, 0.4) is 0 Å². The van der Waals surface area contributed by atoms with Gasteiger partial charge < -0.3 is 14.0 Å². The number of cyclic esters (lactones) is 1. The molecule has 1 aliphatic rings. The van der Waals surface area contributed by atoms with Crippen molar-refractivity contribution in [1.29, 1.82) is 0 Å². The van der Waals surface area contributed by atoms with Crippen molar-refractivity contribution in [1.82, 2.24) is 4.90 Å². The summed E-state index contributed by atoms with van der Waals surface area (Å²) in [4.78, 5) is 12.1. The van der Waals surface area contributed by atoms with E-state index in [0.29, 0.717) is 13.2 Å². The summed E-state index contributed by atoms with van der Waals surface area (Å²) >= 11 is 1.88. The zero-order valence-electron chi connectivity index (χ0n) is 5.90. The maximum atomic E-state index is 10.9. The van der Waals surface area contributed by atoms with Crippen LogP contribution >= 0.6 is 30.4 Å². The Kier molecular flexibility index (Phi) is 3.79. The van der Waals surface area contributed by atoms with Crippen molar-refractivity contribution >= 4 is 36.5 Å². The minimum atomic E-state index is -0.499. The standard InChI is InChI=1S/C5H6INO4S/c6-12-11-4(3-8)7-1-2-10-5(7)9/h3,8H,1-2H2/b4-3-. The first-order chi connectivity index (χ1) is 5.79. The summed E-state index contributed by atoms with van der Waals surface area (Å²) < 4.78 is 9.52. The Hall–Kier alpha value is -0.310. The molecular weight excluding hydrogens is 297 g/mol. The fourth-order valence-electron chi connectivity index (χ4n) is 0.762. The third-order valence-electron chi connectivity index (χ3n) is 1.25. The number of ether oxygens (including phenoxy) is 1. The van der Waals surface area contributed by atoms with Crippen LogP contribution in [-0.4, -0.2) is 29.3 Å². The molecule has 0 bridgehead atoms. The van der Waals surface area contributed by atoms with E-state index in [2.05, 4.69) is 4.74 Å². The van der Waals surface area contributed by atoms with Crippen molar-refractivity contribution in [3.05, 3.63) is 12.1 Å². The lowest BCUT2D eigenvalue weighted by Gasteiger charge is -2.12. The smallest absolute Gasteiger partial charge is 0.416 e. The maximum absolute atomic E-state index is 10.9. The number of aliphatic hydroxyl groups excluding tert-OH is 1. The average Bonchev–Trinajstić information content (AvgIpc) is 2.47. The number of halogens is 1. The first-order valence-electron chi connectivity index (χ1n) is 3.03. The lowest BCUT2D eigenvalue weighted by Crippen LogP contribution is -2.23. The highest BCUT2D eigenvalue weighted by Crippen LogP contribution is 2.22. The van der Waals surface area contributed by atoms with Crippen LogP contribution in [0.25, 0.3) is 0 Å². The van der Waals surface area contributed by atoms with Gasteiger partial charge in [-0.2, -0.15) is 0 Å². The van der Waals surface area contributed by atoms with E-state index in [9.17, 15) is 4.79 Å². The Labute approximate surface area is 85.5 Å². The Morgan fingerprint density at radius 1 is 1.92 bits per heavy atom. The molecule has 1 aliphatic heterocycles. The van der Waals surface area contributed by atoms with Gasteiger partial charge in [-0.15, -0.1) is 0 Å². The van der Waals surface area contributed by atoms with Gasteiger partial charge in [-0.25, -0.2) is 9.69 Å². The first kappa shape index (κ1) is 9.78. The monoisotopic (exact) mass is 303 g/mol. The third-order valence-corrected chi connectivity index (χ3v) is 2.03. The second-order valence-electron chi connectivity index (χ2n) is 1.88. The van der Waals surface area contributed by atoms with Crippen molar-refractivity contribution in [2.75, 3.05) is 13.2 Å². The van der Waals surface area contributed by atoms with E-state index in [4.69, 9.17) is 9.29 Å². The van der Waals surface area contributed by atoms with Gasteiger partial charge in [0.05, 0.1) is 6.54 Å². The minimum Gasteiger partial charge on any atom is -0.510 e. The zero-order valence-corrected chi connectivity index (χ0v) is 8.87. The van der Waals surface area contributed by atoms with Gasteiger partial charge in [0, 0.05) is 21.2 Å². The Morgan fingerprint density at radius 2 is 2.67 bits per heavy atom. The van der Waals surface area contributed by atoms with Crippen LogP contribution in [0.5, 0.6) is 0 Å². The molecule has 7 heteroatoms. The summed E-state index contributed by atoms with van der Waals surface area (Å²) in [5, 5.41) is 8.68. The van der Waals surface area contributed by atoms with Crippen LogP contribution < -0.4 is 0 Å². The molecule has 0 aromatic heterocycles. The fraction of sp³-hybridized carbons (Fsp3) is 0.400. The lowest BCUT2D eigenvalue weighted by molar-refractivity contribution is 0.154. The van der Waals surface area contributed by atoms with Crippen LogP contribution in [0.4, 0.5) is 4.79 Å². The second kappa shape index (κ2) is 4.65. The second-order valence-corrected chi connectivity index (χ2v) is 3.25. The van der Waals surface area contributed by atoms with E-state index in [1.165, 1.54) is 4.90 Å². The van der Waals surface area contributed by atoms with Gasteiger partial charge >= 0.3 is 6.09 Å². The Bertz CT molecular complexity index is 210. The fourth-order valence-corrected chi connectivity index (χ4v) is 1.51. The predicted octanol–water partition coefficient (Wildman–Crippen LogP) is 1.81. The molecule has 1 saturated heterocycles. The van der Waals surface area contributed by atoms with E-state index in [0.717, 1.165) is 15.5 Å². The predicted molar refractivity (Wildman–Crippen MR) is 51.5 cm³/mol. The van der Waals surface area contributed by atoms with Crippen molar-refractivity contribution in [2.24, 2.45) is 0 Å². The van der Waals surface area contributed by atoms with Crippen molar-refractivity contribution in [3.63, 3.8) is 0 Å². The zero-order chi connectivity index (χ0) is 8.97. The molecular formula is C5H6INO4S. The highest BCUT2D eigenvalue weighted by molar-refractivity contribution is 14.2. The summed E-state index contributed by atoms with van der Waals surface area (Å²) in [6.45, 7) is 0.730. The topological polar surface area (TPSA) is 59.0 Å². The quantitative estimate of drug-likeness (QED) is 0.489. The summed E-state index contributed by atoms with van der Waals surface area (Å²) in [5.74, 6) is 0.0944. The van der Waals surface area contributed by atoms with E-state index in [1.807, 2.05) is 21.2 Å². The number of amides is 1. The van der Waals surface area contributed by atoms with Crippen LogP contribution in [0.1, 0.15) is 0 Å². The van der Waals surface area contributed by atoms with Gasteiger partial charge in [0.2, 0.25) is 5.88 Å². The molecule has 1 N–H and O–H groups in total. The third kappa shape index (κ3) is 2.09. The summed E-state index contributed by atoms with van der Waals surface area (Å²) in [6, 6.07) is 0. The van der Waals surface area contributed by atoms with Crippen LogP contribution in [0.2, 0.25) is 0 Å². The van der Waals surface area contributed by atoms with Gasteiger partial charge in [0.25, 0.3) is 0 Å². The molecule has 1 fully saturated rings. The summed E-state index contributed by atoms with van der Waals surface area (Å²) in [7, 11) is 1.02. The summed E-state index contributed by atoms with van der Waals surface area (Å²) in [5.41, 5.74) is 0. The highest BCUT2D eigenvalue weighted by atomic mass is 127. The molecule has 0 atom stereocenters. The lowest BCUT2D eigenvalue weighted by atomic mass is 10.6. The molecule has 0 aliphatic carbocycles. The van der Waals surface area contributed by atoms with Crippen LogP contribution in [0.15, 0.2) is 12.1 Å². The molecule has 5 nitrogen and oxygen atoms in total. The van der Waals surface area contributed by atoms with Gasteiger partial charge in [-0.05, 0) is 0 Å². The molecule has 0 radical (unpaired) electrons. The molecule has 0 aromatic carbocycles. The SMILES string of the molecule is O=C1OCCN1/C(=C/O)OSI. The molecule has 12 heavy (non-hydrogen) atoms. The number of aliphatic hydroxyl groups is 1. The molecule has 1 rings (SSSR count). The number of hydrogen-bond donors (Lipinski definition) is 1. The van der Waals surface area contributed by atoms with Crippen molar-refractivity contribution in [3.8, 4) is 0 Å². The maximum Gasteiger partial charge on any atom is 0.416 e. The molecule has 0 saturated carbocycles. The molecule has 0 aromatic rings. The largest absolute Gasteiger partial charge is 0.510 e. The van der Waals surface area contributed by atoms with Crippen molar-refractivity contribution in [2.45, 2.75) is 0 Å². The van der Waals surface area contributed by atoms with Crippen LogP contribution in [0, 0.1) is 0 Å². The highest BCUT2D eigenvalue weighted by Gasteiger charge is 2.27. The molecule has 0 spiro atoms. The van der Waals surface area contributed by atoms with Crippen LogP contribution in [-0.2, 0) is 8.92 Å². The molecule has 0 unspecified atom stereocenters. The number of rotatable bonds is 3. The summed E-state index contributed by atoms with van der Waals surface area (Å²) in [6.07, 6.45) is 0.235. The molecule has 1 amide bonds.